The summed E-state index contributed by atoms with van der Waals surface area (Å²) in [6, 6.07) is 4.19. The Labute approximate surface area is 126 Å². The number of anilines is 1. The lowest BCUT2D eigenvalue weighted by Crippen LogP contribution is -2.19. The van der Waals surface area contributed by atoms with Gasteiger partial charge in [0.2, 0.25) is 5.88 Å². The maximum Gasteiger partial charge on any atom is 0.219 e. The monoisotopic (exact) mass is 297 g/mol. The largest absolute Gasteiger partial charge is 0.477 e. The second-order valence-corrected chi connectivity index (χ2v) is 6.67. The molecule has 5 heteroatoms. The summed E-state index contributed by atoms with van der Waals surface area (Å²) in [5, 5.41) is 2.58. The van der Waals surface area contributed by atoms with Gasteiger partial charge in [-0.15, -0.1) is 11.3 Å². The first-order chi connectivity index (χ1) is 10.4. The van der Waals surface area contributed by atoms with Crippen molar-refractivity contribution >= 4 is 37.5 Å². The van der Waals surface area contributed by atoms with Crippen molar-refractivity contribution in [3.8, 4) is 5.88 Å². The van der Waals surface area contributed by atoms with Gasteiger partial charge in [-0.2, -0.15) is 4.98 Å². The number of hydrogen-bond donors (Lipinski definition) is 0. The summed E-state index contributed by atoms with van der Waals surface area (Å²) in [5.74, 6) is 1.94. The lowest BCUT2D eigenvalue weighted by Gasteiger charge is -2.18. The molecule has 0 spiro atoms. The van der Waals surface area contributed by atoms with Crippen LogP contribution in [0.25, 0.3) is 20.3 Å². The van der Waals surface area contributed by atoms with E-state index in [9.17, 15) is 0 Å². The van der Waals surface area contributed by atoms with Crippen molar-refractivity contribution in [3.05, 3.63) is 23.9 Å². The maximum absolute atomic E-state index is 5.77. The molecule has 1 fully saturated rings. The van der Waals surface area contributed by atoms with Gasteiger partial charge >= 0.3 is 0 Å². The highest BCUT2D eigenvalue weighted by atomic mass is 32.1. The van der Waals surface area contributed by atoms with Gasteiger partial charge in [-0.25, -0.2) is 4.98 Å². The number of nitrogens with zero attached hydrogens (tertiary/aromatic N) is 3. The van der Waals surface area contributed by atoms with Crippen LogP contribution in [0.4, 0.5) is 5.82 Å². The molecule has 3 aromatic rings. The first kappa shape index (κ1) is 11.7. The molecule has 2 aliphatic rings. The Hall–Kier alpha value is -1.88. The zero-order chi connectivity index (χ0) is 13.8. The van der Waals surface area contributed by atoms with Crippen LogP contribution < -0.4 is 9.64 Å². The highest BCUT2D eigenvalue weighted by Crippen LogP contribution is 2.44. The molecule has 0 amide bonds. The highest BCUT2D eigenvalue weighted by Gasteiger charge is 2.26. The Morgan fingerprint density at radius 3 is 3.05 bits per heavy atom. The number of pyridine rings is 2. The number of ether oxygens (including phenoxy) is 1. The van der Waals surface area contributed by atoms with Crippen LogP contribution >= 0.6 is 11.3 Å². The van der Waals surface area contributed by atoms with E-state index in [2.05, 4.69) is 16.0 Å². The van der Waals surface area contributed by atoms with Crippen LogP contribution in [0, 0.1) is 0 Å². The summed E-state index contributed by atoms with van der Waals surface area (Å²) in [4.78, 5) is 12.9. The first-order valence-corrected chi connectivity index (χ1v) is 8.31. The molecule has 0 aromatic carbocycles. The Kier molecular flexibility index (Phi) is 2.41. The average Bonchev–Trinajstić information content (AvgIpc) is 3.24. The Balaban J connectivity index is 1.91. The van der Waals surface area contributed by atoms with Gasteiger partial charge in [0.05, 0.1) is 11.3 Å². The summed E-state index contributed by atoms with van der Waals surface area (Å²) >= 11 is 1.77. The molecule has 0 aliphatic carbocycles. The van der Waals surface area contributed by atoms with E-state index in [0.29, 0.717) is 0 Å². The van der Waals surface area contributed by atoms with Gasteiger partial charge in [-0.1, -0.05) is 0 Å². The predicted molar refractivity (Wildman–Crippen MR) is 85.6 cm³/mol. The third kappa shape index (κ3) is 1.61. The average molecular weight is 297 g/mol. The quantitative estimate of drug-likeness (QED) is 0.690. The van der Waals surface area contributed by atoms with Crippen LogP contribution in [0.2, 0.25) is 0 Å². The van der Waals surface area contributed by atoms with E-state index in [0.717, 1.165) is 42.6 Å². The van der Waals surface area contributed by atoms with Gasteiger partial charge in [0, 0.05) is 42.0 Å². The molecule has 0 radical (unpaired) electrons. The Morgan fingerprint density at radius 1 is 1.24 bits per heavy atom. The first-order valence-electron chi connectivity index (χ1n) is 7.50. The smallest absolute Gasteiger partial charge is 0.219 e. The molecule has 1 saturated heterocycles. The Bertz CT molecular complexity index is 851. The van der Waals surface area contributed by atoms with Gasteiger partial charge in [0.1, 0.15) is 4.83 Å². The molecule has 5 rings (SSSR count). The summed E-state index contributed by atoms with van der Waals surface area (Å²) in [6.45, 7) is 2.95. The maximum atomic E-state index is 5.77. The molecule has 0 unspecified atom stereocenters. The molecular weight excluding hydrogens is 282 g/mol. The minimum absolute atomic E-state index is 0.749. The summed E-state index contributed by atoms with van der Waals surface area (Å²) < 4.78 is 7.06. The second kappa shape index (κ2) is 4.31. The van der Waals surface area contributed by atoms with Gasteiger partial charge in [0.15, 0.2) is 5.82 Å². The van der Waals surface area contributed by atoms with Gasteiger partial charge in [0.25, 0.3) is 0 Å². The SMILES string of the molecule is c1cnc2sc3c(N4CCCC4)nc4c(c3c2c1)CCO4. The van der Waals surface area contributed by atoms with Crippen molar-refractivity contribution in [2.75, 3.05) is 24.6 Å². The molecule has 0 N–H and O–H groups in total. The minimum Gasteiger partial charge on any atom is -0.477 e. The van der Waals surface area contributed by atoms with Crippen molar-refractivity contribution in [2.24, 2.45) is 0 Å². The predicted octanol–water partition coefficient (Wildman–Crippen LogP) is 3.38. The van der Waals surface area contributed by atoms with Crippen LogP contribution in [0.15, 0.2) is 18.3 Å². The van der Waals surface area contributed by atoms with Crippen molar-refractivity contribution in [1.82, 2.24) is 9.97 Å². The van der Waals surface area contributed by atoms with E-state index in [1.807, 2.05) is 12.3 Å². The van der Waals surface area contributed by atoms with Crippen LogP contribution in [0.3, 0.4) is 0 Å². The second-order valence-electron chi connectivity index (χ2n) is 5.67. The standard InChI is InChI=1S/C16H15N3OS/c1-2-8-19(7-1)14-13-12(10-5-9-20-15(10)18-14)11-4-3-6-17-16(11)21-13/h3-4,6H,1-2,5,7-9H2. The van der Waals surface area contributed by atoms with Crippen LogP contribution in [0.1, 0.15) is 18.4 Å². The molecule has 21 heavy (non-hydrogen) atoms. The zero-order valence-electron chi connectivity index (χ0n) is 11.6. The van der Waals surface area contributed by atoms with Gasteiger partial charge < -0.3 is 9.64 Å². The van der Waals surface area contributed by atoms with Crippen LogP contribution in [-0.4, -0.2) is 29.7 Å². The van der Waals surface area contributed by atoms with Gasteiger partial charge in [-0.05, 0) is 25.0 Å². The molecule has 106 valence electrons. The molecule has 4 nitrogen and oxygen atoms in total. The zero-order valence-corrected chi connectivity index (χ0v) is 12.4. The van der Waals surface area contributed by atoms with E-state index in [4.69, 9.17) is 9.72 Å². The number of thiophene rings is 1. The summed E-state index contributed by atoms with van der Waals surface area (Å²) in [7, 11) is 0. The normalized spacial score (nSPS) is 17.6. The van der Waals surface area contributed by atoms with Crippen LogP contribution in [-0.2, 0) is 6.42 Å². The van der Waals surface area contributed by atoms with E-state index in [1.165, 1.54) is 33.9 Å². The van der Waals surface area contributed by atoms with Crippen molar-refractivity contribution in [3.63, 3.8) is 0 Å². The molecule has 0 bridgehead atoms. The third-order valence-electron chi connectivity index (χ3n) is 4.43. The minimum atomic E-state index is 0.749. The van der Waals surface area contributed by atoms with Gasteiger partial charge in [-0.3, -0.25) is 0 Å². The molecule has 2 aliphatic heterocycles. The lowest BCUT2D eigenvalue weighted by molar-refractivity contribution is 0.345. The summed E-state index contributed by atoms with van der Waals surface area (Å²) in [5.41, 5.74) is 1.27. The van der Waals surface area contributed by atoms with Crippen molar-refractivity contribution in [2.45, 2.75) is 19.3 Å². The highest BCUT2D eigenvalue weighted by molar-refractivity contribution is 7.26. The van der Waals surface area contributed by atoms with Crippen molar-refractivity contribution < 1.29 is 4.74 Å². The topological polar surface area (TPSA) is 38.2 Å². The number of hydrogen-bond acceptors (Lipinski definition) is 5. The molecule has 5 heterocycles. The van der Waals surface area contributed by atoms with E-state index in [-0.39, 0.29) is 0 Å². The van der Waals surface area contributed by atoms with E-state index < -0.39 is 0 Å². The summed E-state index contributed by atoms with van der Waals surface area (Å²) in [6.07, 6.45) is 5.34. The van der Waals surface area contributed by atoms with E-state index >= 15 is 0 Å². The fourth-order valence-electron chi connectivity index (χ4n) is 3.46. The number of fused-ring (bicyclic) bond motifs is 5. The molecule has 0 atom stereocenters. The van der Waals surface area contributed by atoms with Crippen molar-refractivity contribution in [1.29, 1.82) is 0 Å². The molecular formula is C16H15N3OS. The van der Waals surface area contributed by atoms with Crippen LogP contribution in [0.5, 0.6) is 5.88 Å². The molecule has 0 saturated carbocycles. The number of aromatic nitrogens is 2. The van der Waals surface area contributed by atoms with E-state index in [1.54, 1.807) is 11.3 Å². The third-order valence-corrected chi connectivity index (χ3v) is 5.54. The number of rotatable bonds is 1. The Morgan fingerprint density at radius 2 is 2.14 bits per heavy atom. The lowest BCUT2D eigenvalue weighted by atomic mass is 10.1. The molecule has 3 aromatic heterocycles. The fraction of sp³-hybridized carbons (Fsp3) is 0.375. The fourth-order valence-corrected chi connectivity index (χ4v) is 4.64.